The molecule has 8 heteroatoms. The Hall–Kier alpha value is -2.64. The van der Waals surface area contributed by atoms with Gasteiger partial charge in [0.1, 0.15) is 17.3 Å². The predicted octanol–water partition coefficient (Wildman–Crippen LogP) is 6.13. The standard InChI is InChI=1S/C27H36ClN5O2/c1-6-33(20-10-7-8-11-20)27-17(2)25(24-18(3)32-35-19(24)4)30-26(31-27)22-16-21(12-13-23(22)28)34-15-9-14-29-5/h12-13,16,20,29H,6-11,14-15H2,1-5H3. The number of halogens is 1. The zero-order valence-corrected chi connectivity index (χ0v) is 22.2. The maximum absolute atomic E-state index is 6.70. The van der Waals surface area contributed by atoms with Gasteiger partial charge in [0.25, 0.3) is 0 Å². The highest BCUT2D eigenvalue weighted by molar-refractivity contribution is 6.33. The topological polar surface area (TPSA) is 76.3 Å². The molecule has 0 aliphatic heterocycles. The van der Waals surface area contributed by atoms with Crippen LogP contribution in [0.4, 0.5) is 5.82 Å². The molecule has 7 nitrogen and oxygen atoms in total. The Bertz CT molecular complexity index is 1140. The summed E-state index contributed by atoms with van der Waals surface area (Å²) in [6, 6.07) is 6.18. The van der Waals surface area contributed by atoms with Crippen molar-refractivity contribution >= 4 is 17.4 Å². The number of aromatic nitrogens is 3. The molecule has 4 rings (SSSR count). The lowest BCUT2D eigenvalue weighted by atomic mass is 10.0. The van der Waals surface area contributed by atoms with Crippen LogP contribution in [0.25, 0.3) is 22.6 Å². The fourth-order valence-electron chi connectivity index (χ4n) is 4.97. The first kappa shape index (κ1) is 25.5. The van der Waals surface area contributed by atoms with Crippen molar-refractivity contribution in [2.45, 2.75) is 65.8 Å². The average Bonchev–Trinajstić information content (AvgIpc) is 3.49. The van der Waals surface area contributed by atoms with Gasteiger partial charge in [-0.2, -0.15) is 0 Å². The second-order valence-corrected chi connectivity index (χ2v) is 9.62. The van der Waals surface area contributed by atoms with Crippen molar-refractivity contribution in [3.63, 3.8) is 0 Å². The van der Waals surface area contributed by atoms with Gasteiger partial charge in [0.15, 0.2) is 5.82 Å². The molecule has 2 aromatic heterocycles. The number of hydrogen-bond acceptors (Lipinski definition) is 7. The van der Waals surface area contributed by atoms with E-state index in [-0.39, 0.29) is 0 Å². The molecule has 0 amide bonds. The SMILES string of the molecule is CCN(c1nc(-c2cc(OCCCNC)ccc2Cl)nc(-c2c(C)noc2C)c1C)C1CCCC1. The summed E-state index contributed by atoms with van der Waals surface area (Å²) in [5.74, 6) is 3.05. The minimum Gasteiger partial charge on any atom is -0.494 e. The van der Waals surface area contributed by atoms with Crippen LogP contribution in [0.3, 0.4) is 0 Å². The Labute approximate surface area is 213 Å². The Morgan fingerprint density at radius 1 is 1.17 bits per heavy atom. The zero-order chi connectivity index (χ0) is 24.9. The van der Waals surface area contributed by atoms with Gasteiger partial charge in [0, 0.05) is 23.7 Å². The van der Waals surface area contributed by atoms with Gasteiger partial charge in [-0.1, -0.05) is 29.6 Å². The number of nitrogens with zero attached hydrogens (tertiary/aromatic N) is 4. The van der Waals surface area contributed by atoms with E-state index in [4.69, 9.17) is 30.8 Å². The molecule has 0 unspecified atom stereocenters. The summed E-state index contributed by atoms with van der Waals surface area (Å²) in [4.78, 5) is 12.6. The first-order chi connectivity index (χ1) is 16.9. The van der Waals surface area contributed by atoms with Crippen LogP contribution in [-0.4, -0.2) is 47.9 Å². The summed E-state index contributed by atoms with van der Waals surface area (Å²) in [6.07, 6.45) is 5.80. The van der Waals surface area contributed by atoms with Crippen molar-refractivity contribution in [3.05, 3.63) is 40.2 Å². The molecule has 1 fully saturated rings. The number of anilines is 1. The van der Waals surface area contributed by atoms with Gasteiger partial charge < -0.3 is 19.5 Å². The van der Waals surface area contributed by atoms with E-state index in [1.807, 2.05) is 39.1 Å². The first-order valence-corrected chi connectivity index (χ1v) is 13.0. The molecule has 3 aromatic rings. The second-order valence-electron chi connectivity index (χ2n) is 9.22. The number of hydrogen-bond donors (Lipinski definition) is 1. The highest BCUT2D eigenvalue weighted by atomic mass is 35.5. The van der Waals surface area contributed by atoms with E-state index in [2.05, 4.69) is 29.2 Å². The van der Waals surface area contributed by atoms with Crippen LogP contribution in [-0.2, 0) is 0 Å². The minimum atomic E-state index is 0.483. The summed E-state index contributed by atoms with van der Waals surface area (Å²) in [5.41, 5.74) is 4.37. The molecular weight excluding hydrogens is 462 g/mol. The normalized spacial score (nSPS) is 14.0. The molecule has 0 radical (unpaired) electrons. The van der Waals surface area contributed by atoms with Crippen LogP contribution >= 0.6 is 11.6 Å². The second kappa shape index (κ2) is 11.4. The fourth-order valence-corrected chi connectivity index (χ4v) is 5.17. The summed E-state index contributed by atoms with van der Waals surface area (Å²) in [6.45, 7) is 10.6. The van der Waals surface area contributed by atoms with E-state index in [9.17, 15) is 0 Å². The molecule has 0 saturated heterocycles. The van der Waals surface area contributed by atoms with E-state index in [0.717, 1.165) is 64.9 Å². The number of benzene rings is 1. The molecular formula is C27H36ClN5O2. The van der Waals surface area contributed by atoms with Crippen LogP contribution in [0.2, 0.25) is 5.02 Å². The summed E-state index contributed by atoms with van der Waals surface area (Å²) in [5, 5.41) is 7.92. The number of aryl methyl sites for hydroxylation is 2. The Kier molecular flexibility index (Phi) is 8.29. The molecule has 35 heavy (non-hydrogen) atoms. The first-order valence-electron chi connectivity index (χ1n) is 12.6. The smallest absolute Gasteiger partial charge is 0.163 e. The van der Waals surface area contributed by atoms with Crippen molar-refractivity contribution < 1.29 is 9.26 Å². The van der Waals surface area contributed by atoms with Crippen molar-refractivity contribution in [2.24, 2.45) is 0 Å². The molecule has 1 aliphatic carbocycles. The quantitative estimate of drug-likeness (QED) is 0.337. The molecule has 1 aliphatic rings. The van der Waals surface area contributed by atoms with Crippen molar-refractivity contribution in [1.29, 1.82) is 0 Å². The van der Waals surface area contributed by atoms with Crippen LogP contribution in [0.1, 0.15) is 56.0 Å². The Morgan fingerprint density at radius 3 is 2.60 bits per heavy atom. The summed E-state index contributed by atoms with van der Waals surface area (Å²) < 4.78 is 11.5. The summed E-state index contributed by atoms with van der Waals surface area (Å²) in [7, 11) is 1.94. The van der Waals surface area contributed by atoms with Gasteiger partial charge in [0.2, 0.25) is 0 Å². The number of nitrogens with one attached hydrogen (secondary N) is 1. The summed E-state index contributed by atoms with van der Waals surface area (Å²) >= 11 is 6.70. The number of ether oxygens (including phenoxy) is 1. The van der Waals surface area contributed by atoms with Crippen LogP contribution < -0.4 is 15.0 Å². The third-order valence-electron chi connectivity index (χ3n) is 6.79. The van der Waals surface area contributed by atoms with Crippen LogP contribution in [0.5, 0.6) is 5.75 Å². The predicted molar refractivity (Wildman–Crippen MR) is 142 cm³/mol. The monoisotopic (exact) mass is 497 g/mol. The van der Waals surface area contributed by atoms with E-state index < -0.39 is 0 Å². The van der Waals surface area contributed by atoms with Gasteiger partial charge in [-0.05, 0) is 78.7 Å². The van der Waals surface area contributed by atoms with E-state index in [1.165, 1.54) is 25.7 Å². The van der Waals surface area contributed by atoms with Crippen molar-refractivity contribution in [3.8, 4) is 28.4 Å². The number of rotatable bonds is 10. The Balaban J connectivity index is 1.84. The van der Waals surface area contributed by atoms with Gasteiger partial charge in [0.05, 0.1) is 28.6 Å². The van der Waals surface area contributed by atoms with Crippen LogP contribution in [0.15, 0.2) is 22.7 Å². The highest BCUT2D eigenvalue weighted by Crippen LogP contribution is 2.38. The van der Waals surface area contributed by atoms with Gasteiger partial charge in [-0.15, -0.1) is 0 Å². The molecule has 1 N–H and O–H groups in total. The van der Waals surface area contributed by atoms with Crippen molar-refractivity contribution in [1.82, 2.24) is 20.4 Å². The van der Waals surface area contributed by atoms with E-state index in [0.29, 0.717) is 23.5 Å². The lowest BCUT2D eigenvalue weighted by Crippen LogP contribution is -2.34. The average molecular weight is 498 g/mol. The van der Waals surface area contributed by atoms with Gasteiger partial charge in [-0.25, -0.2) is 9.97 Å². The molecule has 1 aromatic carbocycles. The molecule has 0 bridgehead atoms. The van der Waals surface area contributed by atoms with Gasteiger partial charge >= 0.3 is 0 Å². The third kappa shape index (κ3) is 5.46. The Morgan fingerprint density at radius 2 is 1.94 bits per heavy atom. The van der Waals surface area contributed by atoms with Gasteiger partial charge in [-0.3, -0.25) is 0 Å². The third-order valence-corrected chi connectivity index (χ3v) is 7.12. The fraction of sp³-hybridized carbons (Fsp3) is 0.519. The van der Waals surface area contributed by atoms with Crippen molar-refractivity contribution in [2.75, 3.05) is 31.6 Å². The maximum atomic E-state index is 6.70. The largest absolute Gasteiger partial charge is 0.494 e. The lowest BCUT2D eigenvalue weighted by molar-refractivity contribution is 0.310. The molecule has 0 spiro atoms. The minimum absolute atomic E-state index is 0.483. The molecule has 2 heterocycles. The molecule has 0 atom stereocenters. The highest BCUT2D eigenvalue weighted by Gasteiger charge is 2.28. The molecule has 1 saturated carbocycles. The van der Waals surface area contributed by atoms with E-state index in [1.54, 1.807) is 0 Å². The maximum Gasteiger partial charge on any atom is 0.163 e. The van der Waals surface area contributed by atoms with Crippen LogP contribution in [0, 0.1) is 20.8 Å². The van der Waals surface area contributed by atoms with E-state index >= 15 is 0 Å². The zero-order valence-electron chi connectivity index (χ0n) is 21.4. The molecule has 188 valence electrons. The lowest BCUT2D eigenvalue weighted by Gasteiger charge is -2.31.